The first-order chi connectivity index (χ1) is 8.93. The number of benzene rings is 1. The van der Waals surface area contributed by atoms with Gasteiger partial charge in [-0.2, -0.15) is 4.31 Å². The number of rotatable bonds is 3. The van der Waals surface area contributed by atoms with Crippen LogP contribution in [0.25, 0.3) is 0 Å². The van der Waals surface area contributed by atoms with Crippen molar-refractivity contribution in [3.05, 3.63) is 34.4 Å². The topological polar surface area (TPSA) is 92.6 Å². The van der Waals surface area contributed by atoms with Crippen molar-refractivity contribution in [2.45, 2.75) is 17.9 Å². The molecule has 1 aromatic carbocycles. The van der Waals surface area contributed by atoms with Gasteiger partial charge in [-0.3, -0.25) is 10.1 Å². The number of nitrogens with one attached hydrogen (secondary N) is 1. The molecule has 1 atom stereocenters. The monoisotopic (exact) mass is 321 g/mol. The summed E-state index contributed by atoms with van der Waals surface area (Å²) >= 11 is 0. The Morgan fingerprint density at radius 2 is 1.95 bits per heavy atom. The minimum Gasteiger partial charge on any atom is -0.314 e. The first-order valence-electron chi connectivity index (χ1n) is 5.90. The summed E-state index contributed by atoms with van der Waals surface area (Å²) in [6.45, 7) is 3.44. The predicted octanol–water partition coefficient (Wildman–Crippen LogP) is 0.999. The summed E-state index contributed by atoms with van der Waals surface area (Å²) in [5.74, 6) is 0. The van der Waals surface area contributed by atoms with Crippen molar-refractivity contribution in [2.75, 3.05) is 19.6 Å². The fraction of sp³-hybridized carbons (Fsp3) is 0.455. The molecule has 0 bridgehead atoms. The molecule has 1 aliphatic heterocycles. The van der Waals surface area contributed by atoms with Crippen molar-refractivity contribution in [1.29, 1.82) is 0 Å². The number of nitro groups is 1. The molecule has 0 saturated carbocycles. The lowest BCUT2D eigenvalue weighted by molar-refractivity contribution is -0.384. The molecule has 1 aliphatic rings. The summed E-state index contributed by atoms with van der Waals surface area (Å²) < 4.78 is 26.2. The van der Waals surface area contributed by atoms with Crippen molar-refractivity contribution in [1.82, 2.24) is 9.62 Å². The SMILES string of the molecule is C[C@@H]1CNCCN1S(=O)(=O)c1ccc([N+](=O)[O-])cc1.Cl. The van der Waals surface area contributed by atoms with Crippen LogP contribution in [-0.4, -0.2) is 43.3 Å². The number of hydrogen-bond donors (Lipinski definition) is 1. The fourth-order valence-corrected chi connectivity index (χ4v) is 3.69. The lowest BCUT2D eigenvalue weighted by atomic mass is 10.3. The average molecular weight is 322 g/mol. The number of nitro benzene ring substituents is 1. The standard InChI is InChI=1S/C11H15N3O4S.ClH/c1-9-8-12-6-7-13(9)19(17,18)11-4-2-10(3-5-11)14(15)16;/h2-5,9,12H,6-8H2,1H3;1H/t9-;/m1./s1. The van der Waals surface area contributed by atoms with E-state index in [0.29, 0.717) is 19.6 Å². The summed E-state index contributed by atoms with van der Waals surface area (Å²) in [6.07, 6.45) is 0. The summed E-state index contributed by atoms with van der Waals surface area (Å²) in [5.41, 5.74) is -0.118. The molecule has 1 saturated heterocycles. The minimum absolute atomic E-state index is 0. The Hall–Kier alpha value is -1.22. The van der Waals surface area contributed by atoms with Gasteiger partial charge in [-0.1, -0.05) is 0 Å². The Bertz CT molecular complexity index is 576. The van der Waals surface area contributed by atoms with Gasteiger partial charge in [0.2, 0.25) is 10.0 Å². The first kappa shape index (κ1) is 16.8. The molecule has 20 heavy (non-hydrogen) atoms. The third-order valence-electron chi connectivity index (χ3n) is 3.09. The van der Waals surface area contributed by atoms with Gasteiger partial charge in [0, 0.05) is 37.8 Å². The van der Waals surface area contributed by atoms with Crippen molar-refractivity contribution in [2.24, 2.45) is 0 Å². The minimum atomic E-state index is -3.58. The summed E-state index contributed by atoms with van der Waals surface area (Å²) in [6, 6.07) is 4.85. The van der Waals surface area contributed by atoms with Gasteiger partial charge in [-0.25, -0.2) is 8.42 Å². The van der Waals surface area contributed by atoms with Crippen molar-refractivity contribution >= 4 is 28.1 Å². The zero-order valence-corrected chi connectivity index (χ0v) is 12.5. The van der Waals surface area contributed by atoms with Crippen LogP contribution in [0.3, 0.4) is 0 Å². The van der Waals surface area contributed by atoms with Crippen LogP contribution in [0, 0.1) is 10.1 Å². The van der Waals surface area contributed by atoms with Crippen LogP contribution in [0.5, 0.6) is 0 Å². The van der Waals surface area contributed by atoms with Crippen LogP contribution < -0.4 is 5.32 Å². The van der Waals surface area contributed by atoms with Crippen molar-refractivity contribution in [3.63, 3.8) is 0 Å². The number of halogens is 1. The number of hydrogen-bond acceptors (Lipinski definition) is 5. The summed E-state index contributed by atoms with van der Waals surface area (Å²) in [4.78, 5) is 10.1. The highest BCUT2D eigenvalue weighted by atomic mass is 35.5. The molecule has 0 spiro atoms. The molecular weight excluding hydrogens is 306 g/mol. The van der Waals surface area contributed by atoms with E-state index in [-0.39, 0.29) is 29.0 Å². The molecular formula is C11H16ClN3O4S. The van der Waals surface area contributed by atoms with Gasteiger partial charge < -0.3 is 5.32 Å². The molecule has 1 fully saturated rings. The molecule has 0 radical (unpaired) electrons. The molecule has 0 aromatic heterocycles. The highest BCUT2D eigenvalue weighted by Gasteiger charge is 2.30. The van der Waals surface area contributed by atoms with E-state index < -0.39 is 14.9 Å². The quantitative estimate of drug-likeness (QED) is 0.662. The molecule has 0 unspecified atom stereocenters. The normalized spacial score (nSPS) is 20.1. The van der Waals surface area contributed by atoms with Crippen LogP contribution in [0.4, 0.5) is 5.69 Å². The number of non-ortho nitro benzene ring substituents is 1. The smallest absolute Gasteiger partial charge is 0.269 e. The maximum absolute atomic E-state index is 12.4. The van der Waals surface area contributed by atoms with Gasteiger partial charge >= 0.3 is 0 Å². The molecule has 112 valence electrons. The number of piperazine rings is 1. The van der Waals surface area contributed by atoms with E-state index in [0.717, 1.165) is 0 Å². The Morgan fingerprint density at radius 1 is 1.35 bits per heavy atom. The Morgan fingerprint density at radius 3 is 2.45 bits per heavy atom. The van der Waals surface area contributed by atoms with Gasteiger partial charge in [0.05, 0.1) is 9.82 Å². The third kappa shape index (κ3) is 3.26. The van der Waals surface area contributed by atoms with Crippen LogP contribution >= 0.6 is 12.4 Å². The van der Waals surface area contributed by atoms with Gasteiger partial charge in [0.15, 0.2) is 0 Å². The van der Waals surface area contributed by atoms with Crippen LogP contribution in [0.15, 0.2) is 29.2 Å². The predicted molar refractivity (Wildman–Crippen MR) is 76.6 cm³/mol. The average Bonchev–Trinajstić information content (AvgIpc) is 2.39. The zero-order chi connectivity index (χ0) is 14.0. The number of nitrogens with zero attached hydrogens (tertiary/aromatic N) is 2. The van der Waals surface area contributed by atoms with E-state index in [1.165, 1.54) is 28.6 Å². The lowest BCUT2D eigenvalue weighted by Crippen LogP contribution is -2.52. The van der Waals surface area contributed by atoms with Crippen molar-refractivity contribution in [3.8, 4) is 0 Å². The molecule has 1 aromatic rings. The zero-order valence-electron chi connectivity index (χ0n) is 10.9. The first-order valence-corrected chi connectivity index (χ1v) is 7.34. The third-order valence-corrected chi connectivity index (χ3v) is 5.12. The maximum Gasteiger partial charge on any atom is 0.269 e. The van der Waals surface area contributed by atoms with Crippen LogP contribution in [-0.2, 0) is 10.0 Å². The van der Waals surface area contributed by atoms with Gasteiger partial charge in [0.1, 0.15) is 0 Å². The van der Waals surface area contributed by atoms with E-state index >= 15 is 0 Å². The van der Waals surface area contributed by atoms with Crippen molar-refractivity contribution < 1.29 is 13.3 Å². The van der Waals surface area contributed by atoms with E-state index in [1.54, 1.807) is 0 Å². The second-order valence-electron chi connectivity index (χ2n) is 4.42. The lowest BCUT2D eigenvalue weighted by Gasteiger charge is -2.32. The van der Waals surface area contributed by atoms with E-state index in [1.807, 2.05) is 6.92 Å². The number of sulfonamides is 1. The molecule has 0 amide bonds. The Labute approximate surface area is 123 Å². The molecule has 2 rings (SSSR count). The van der Waals surface area contributed by atoms with E-state index in [9.17, 15) is 18.5 Å². The fourth-order valence-electron chi connectivity index (χ4n) is 2.05. The Kier molecular flexibility index (Phi) is 5.46. The van der Waals surface area contributed by atoms with Crippen LogP contribution in [0.1, 0.15) is 6.92 Å². The van der Waals surface area contributed by atoms with Crippen LogP contribution in [0.2, 0.25) is 0 Å². The second kappa shape index (κ2) is 6.49. The molecule has 7 nitrogen and oxygen atoms in total. The highest BCUT2D eigenvalue weighted by molar-refractivity contribution is 7.89. The summed E-state index contributed by atoms with van der Waals surface area (Å²) in [5, 5.41) is 13.7. The molecule has 9 heteroatoms. The molecule has 1 heterocycles. The maximum atomic E-state index is 12.4. The largest absolute Gasteiger partial charge is 0.314 e. The Balaban J connectivity index is 0.00000200. The van der Waals surface area contributed by atoms with E-state index in [4.69, 9.17) is 0 Å². The van der Waals surface area contributed by atoms with Gasteiger partial charge in [-0.05, 0) is 19.1 Å². The second-order valence-corrected chi connectivity index (χ2v) is 6.31. The van der Waals surface area contributed by atoms with Gasteiger partial charge in [0.25, 0.3) is 5.69 Å². The van der Waals surface area contributed by atoms with E-state index in [2.05, 4.69) is 5.32 Å². The highest BCUT2D eigenvalue weighted by Crippen LogP contribution is 2.21. The molecule has 0 aliphatic carbocycles. The van der Waals surface area contributed by atoms with Gasteiger partial charge in [-0.15, -0.1) is 12.4 Å². The summed E-state index contributed by atoms with van der Waals surface area (Å²) in [7, 11) is -3.58. The molecule has 1 N–H and O–H groups in total.